The van der Waals surface area contributed by atoms with Crippen molar-refractivity contribution in [1.29, 1.82) is 0 Å². The number of benzene rings is 1. The van der Waals surface area contributed by atoms with Crippen molar-refractivity contribution in [3.8, 4) is 17.4 Å². The second-order valence-corrected chi connectivity index (χ2v) is 8.11. The van der Waals surface area contributed by atoms with Crippen molar-refractivity contribution in [2.75, 3.05) is 34.4 Å². The van der Waals surface area contributed by atoms with Crippen LogP contribution in [0.15, 0.2) is 38.5 Å². The van der Waals surface area contributed by atoms with Gasteiger partial charge in [-0.25, -0.2) is 0 Å². The van der Waals surface area contributed by atoms with E-state index in [0.29, 0.717) is 24.0 Å². The molecule has 0 aliphatic carbocycles. The molecule has 0 N–H and O–H groups in total. The minimum absolute atomic E-state index is 0.202. The predicted molar refractivity (Wildman–Crippen MR) is 92.6 cm³/mol. The third kappa shape index (κ3) is 4.60. The van der Waals surface area contributed by atoms with Crippen LogP contribution in [0.4, 0.5) is 0 Å². The molecule has 0 bridgehead atoms. The average Bonchev–Trinajstić information content (AvgIpc) is 3.11. The van der Waals surface area contributed by atoms with Crippen LogP contribution in [-0.4, -0.2) is 49.2 Å². The first-order valence-electron chi connectivity index (χ1n) is 7.95. The van der Waals surface area contributed by atoms with E-state index < -0.39 is 0 Å². The maximum absolute atomic E-state index is 5.95. The summed E-state index contributed by atoms with van der Waals surface area (Å²) in [4.78, 5) is 10.8. The molecule has 1 aromatic carbocycles. The molecule has 25 heavy (non-hydrogen) atoms. The number of ether oxygens (including phenoxy) is 3. The van der Waals surface area contributed by atoms with Crippen LogP contribution in [0.25, 0.3) is 10.9 Å². The Morgan fingerprint density at radius 3 is 2.76 bits per heavy atom. The Morgan fingerprint density at radius 2 is 2.04 bits per heavy atom. The van der Waals surface area contributed by atoms with Gasteiger partial charge in [-0.2, -0.15) is 0 Å². The van der Waals surface area contributed by atoms with Gasteiger partial charge in [0.15, 0.2) is 0 Å². The van der Waals surface area contributed by atoms with Gasteiger partial charge in [-0.3, -0.25) is 0 Å². The summed E-state index contributed by atoms with van der Waals surface area (Å²) in [5.74, 6) is 1.90. The van der Waals surface area contributed by atoms with Crippen LogP contribution < -0.4 is 35.4 Å². The second-order valence-electron chi connectivity index (χ2n) is 5.70. The zero-order chi connectivity index (χ0) is 17.6. The Morgan fingerprint density at radius 1 is 1.16 bits per heavy atom. The molecule has 0 saturated heterocycles. The van der Waals surface area contributed by atoms with Gasteiger partial charge < -0.3 is 0 Å². The molecule has 0 saturated carbocycles. The van der Waals surface area contributed by atoms with E-state index in [-0.39, 0.29) is 21.2 Å². The van der Waals surface area contributed by atoms with Crippen molar-refractivity contribution in [2.24, 2.45) is 0 Å². The number of fused-ring (bicyclic) bond motifs is 1. The molecule has 0 radical (unpaired) electrons. The Hall–Kier alpha value is -1.87. The molecule has 3 rings (SSSR count). The molecule has 0 fully saturated rings. The first-order chi connectivity index (χ1) is 12.2. The predicted octanol–water partition coefficient (Wildman–Crippen LogP) is -0.195. The van der Waals surface area contributed by atoms with Crippen LogP contribution in [-0.2, 0) is 0 Å². The molecule has 0 atom stereocenters. The van der Waals surface area contributed by atoms with E-state index >= 15 is 0 Å². The van der Waals surface area contributed by atoms with E-state index in [4.69, 9.17) is 14.2 Å². The molecule has 0 spiro atoms. The molecule has 2 aromatic rings. The molecule has 2 heterocycles. The molecule has 134 valence electrons. The van der Waals surface area contributed by atoms with Crippen molar-refractivity contribution in [1.82, 2.24) is 14.9 Å². The van der Waals surface area contributed by atoms with E-state index in [9.17, 15) is 0 Å². The van der Waals surface area contributed by atoms with Crippen LogP contribution in [0.5, 0.6) is 17.4 Å². The van der Waals surface area contributed by atoms with Gasteiger partial charge in [0.05, 0.1) is 0 Å². The quantitative estimate of drug-likeness (QED) is 0.407. The summed E-state index contributed by atoms with van der Waals surface area (Å²) in [6.45, 7) is 1.60. The maximum atomic E-state index is 5.95. The van der Waals surface area contributed by atoms with Gasteiger partial charge in [0.25, 0.3) is 0 Å². The fraction of sp³-hybridized carbons (Fsp3) is 0.333. The molecule has 7 heteroatoms. The smallest absolute Gasteiger partial charge is 0.0137 e. The van der Waals surface area contributed by atoms with Crippen molar-refractivity contribution >= 4 is 10.9 Å². The standard InChI is InChI=1S/C18H21IN3O3/c1-22(2)8-5-9-24-16-11-14-13(10-15(16)23-3)18(21-12-20-14)25-17-6-4-7-19-17/h4,6-7,10-12H,5,8-9H2,1-3H3/q-1. The van der Waals surface area contributed by atoms with E-state index in [1.54, 1.807) is 7.11 Å². The summed E-state index contributed by atoms with van der Waals surface area (Å²) in [6.07, 6.45) is 6.46. The number of rotatable bonds is 8. The summed E-state index contributed by atoms with van der Waals surface area (Å²) < 4.78 is 20.5. The Labute approximate surface area is 157 Å². The number of halogens is 1. The summed E-state index contributed by atoms with van der Waals surface area (Å²) in [7, 11) is 5.73. The zero-order valence-corrected chi connectivity index (χ0v) is 16.7. The summed E-state index contributed by atoms with van der Waals surface area (Å²) in [6, 6.07) is 3.77. The van der Waals surface area contributed by atoms with Crippen molar-refractivity contribution in [3.05, 3.63) is 38.5 Å². The summed E-state index contributed by atoms with van der Waals surface area (Å²) in [5.41, 5.74) is 0.776. The summed E-state index contributed by atoms with van der Waals surface area (Å²) in [5, 5.41) is 0.816. The Balaban J connectivity index is 1.82. The van der Waals surface area contributed by atoms with Crippen molar-refractivity contribution in [3.63, 3.8) is 0 Å². The normalized spacial score (nSPS) is 13.7. The second kappa shape index (κ2) is 8.48. The number of aromatic nitrogens is 2. The van der Waals surface area contributed by atoms with Gasteiger partial charge in [-0.05, 0) is 14.1 Å². The fourth-order valence-corrected chi connectivity index (χ4v) is 3.87. The number of methoxy groups -OCH3 is 1. The SMILES string of the molecule is COc1cc2c(OC3=CC=C[I-]3)ncnc2cc1OCCCN(C)C. The van der Waals surface area contributed by atoms with E-state index in [1.807, 2.05) is 38.4 Å². The van der Waals surface area contributed by atoms with E-state index in [1.165, 1.54) is 6.33 Å². The van der Waals surface area contributed by atoms with Gasteiger partial charge in [0, 0.05) is 0 Å². The van der Waals surface area contributed by atoms with Crippen LogP contribution in [0.2, 0.25) is 0 Å². The molecule has 1 aliphatic rings. The zero-order valence-electron chi connectivity index (χ0n) is 14.5. The molecule has 6 nitrogen and oxygen atoms in total. The Bertz CT molecular complexity index is 805. The van der Waals surface area contributed by atoms with Gasteiger partial charge in [0.1, 0.15) is 0 Å². The van der Waals surface area contributed by atoms with Gasteiger partial charge in [-0.1, -0.05) is 0 Å². The third-order valence-corrected chi connectivity index (χ3v) is 5.52. The number of nitrogens with zero attached hydrogens (tertiary/aromatic N) is 3. The monoisotopic (exact) mass is 454 g/mol. The molecule has 1 aromatic heterocycles. The first-order valence-corrected chi connectivity index (χ1v) is 10.3. The minimum atomic E-state index is -0.202. The van der Waals surface area contributed by atoms with E-state index in [0.717, 1.165) is 27.6 Å². The molecule has 0 amide bonds. The number of hydrogen-bond acceptors (Lipinski definition) is 6. The van der Waals surface area contributed by atoms with Crippen LogP contribution >= 0.6 is 0 Å². The molecular weight excluding hydrogens is 433 g/mol. The molecular formula is C18H21IN3O3-. The van der Waals surface area contributed by atoms with Crippen molar-refractivity contribution < 1.29 is 35.4 Å². The van der Waals surface area contributed by atoms with E-state index in [2.05, 4.69) is 19.0 Å². The van der Waals surface area contributed by atoms with Crippen LogP contribution in [0, 0.1) is 0 Å². The van der Waals surface area contributed by atoms with Crippen molar-refractivity contribution in [2.45, 2.75) is 6.42 Å². The first kappa shape index (κ1) is 17.9. The summed E-state index contributed by atoms with van der Waals surface area (Å²) >= 11 is -0.202. The number of hydrogen-bond donors (Lipinski definition) is 0. The van der Waals surface area contributed by atoms with Gasteiger partial charge >= 0.3 is 144 Å². The molecule has 1 aliphatic heterocycles. The van der Waals surface area contributed by atoms with Crippen LogP contribution in [0.3, 0.4) is 0 Å². The van der Waals surface area contributed by atoms with Crippen LogP contribution in [0.1, 0.15) is 6.42 Å². The van der Waals surface area contributed by atoms with Gasteiger partial charge in [0.2, 0.25) is 0 Å². The Kier molecular flexibility index (Phi) is 6.09. The molecule has 0 unspecified atom stereocenters. The third-order valence-electron chi connectivity index (χ3n) is 3.56. The van der Waals surface area contributed by atoms with Gasteiger partial charge in [-0.15, -0.1) is 0 Å². The number of allylic oxidation sites excluding steroid dienone is 2. The fourth-order valence-electron chi connectivity index (χ4n) is 2.35. The minimum Gasteiger partial charge on any atom is -0.0137 e. The average molecular weight is 454 g/mol. The topological polar surface area (TPSA) is 56.7 Å².